The molecule has 10 heavy (non-hydrogen) atoms. The molecule has 1 nitrogen and oxygen atoms in total. The zero-order valence-corrected chi connectivity index (χ0v) is 7.85. The fourth-order valence-corrected chi connectivity index (χ4v) is 1.55. The van der Waals surface area contributed by atoms with Crippen LogP contribution in [0.1, 0.15) is 13.8 Å². The summed E-state index contributed by atoms with van der Waals surface area (Å²) in [6.45, 7) is 4.12. The predicted octanol–water partition coefficient (Wildman–Crippen LogP) is 1.98. The Morgan fingerprint density at radius 2 is 2.30 bits per heavy atom. The largest absolute Gasteiger partial charge is 0.323 e. The van der Waals surface area contributed by atoms with Crippen molar-refractivity contribution in [3.05, 3.63) is 23.8 Å². The number of hydrogen-bond acceptors (Lipinski definition) is 1. The van der Waals surface area contributed by atoms with Crippen molar-refractivity contribution in [1.29, 1.82) is 0 Å². The van der Waals surface area contributed by atoms with E-state index in [1.54, 1.807) is 0 Å². The van der Waals surface area contributed by atoms with Crippen molar-refractivity contribution in [3.8, 4) is 0 Å². The number of hydrogen-bond donors (Lipinski definition) is 1. The molecule has 2 heteroatoms. The molecule has 0 spiro atoms. The molecule has 0 heterocycles. The Bertz CT molecular complexity index is 191. The molecule has 0 aliphatic heterocycles. The SMILES string of the molecule is CC1=CC=CC(C)(Br)C1N. The minimum atomic E-state index is -0.0498. The Hall–Kier alpha value is -0.0800. The summed E-state index contributed by atoms with van der Waals surface area (Å²) in [7, 11) is 0. The Morgan fingerprint density at radius 1 is 1.70 bits per heavy atom. The maximum absolute atomic E-state index is 5.89. The number of rotatable bonds is 0. The minimum Gasteiger partial charge on any atom is -0.323 e. The molecule has 0 aromatic heterocycles. The van der Waals surface area contributed by atoms with Gasteiger partial charge in [-0.25, -0.2) is 0 Å². The lowest BCUT2D eigenvalue weighted by Crippen LogP contribution is -2.41. The molecule has 0 fully saturated rings. The number of nitrogens with two attached hydrogens (primary N) is 1. The van der Waals surface area contributed by atoms with E-state index in [1.165, 1.54) is 5.57 Å². The van der Waals surface area contributed by atoms with Crippen LogP contribution in [0.25, 0.3) is 0 Å². The highest BCUT2D eigenvalue weighted by Gasteiger charge is 2.28. The summed E-state index contributed by atoms with van der Waals surface area (Å²) < 4.78 is -0.0498. The van der Waals surface area contributed by atoms with Gasteiger partial charge in [-0.05, 0) is 13.8 Å². The maximum Gasteiger partial charge on any atom is 0.0600 e. The van der Waals surface area contributed by atoms with Crippen molar-refractivity contribution < 1.29 is 0 Å². The van der Waals surface area contributed by atoms with Gasteiger partial charge in [0, 0.05) is 6.04 Å². The van der Waals surface area contributed by atoms with E-state index in [-0.39, 0.29) is 10.4 Å². The third kappa shape index (κ3) is 1.32. The molecule has 0 radical (unpaired) electrons. The van der Waals surface area contributed by atoms with Gasteiger partial charge < -0.3 is 5.73 Å². The molecule has 0 bridgehead atoms. The van der Waals surface area contributed by atoms with Crippen molar-refractivity contribution in [2.45, 2.75) is 24.2 Å². The van der Waals surface area contributed by atoms with Gasteiger partial charge in [0.05, 0.1) is 4.32 Å². The molecule has 0 aromatic carbocycles. The first kappa shape index (κ1) is 8.02. The van der Waals surface area contributed by atoms with Crippen molar-refractivity contribution in [1.82, 2.24) is 0 Å². The van der Waals surface area contributed by atoms with Gasteiger partial charge >= 0.3 is 0 Å². The van der Waals surface area contributed by atoms with Crippen molar-refractivity contribution in [3.63, 3.8) is 0 Å². The van der Waals surface area contributed by atoms with Crippen LogP contribution in [0.3, 0.4) is 0 Å². The number of halogens is 1. The fourth-order valence-electron chi connectivity index (χ4n) is 1.04. The van der Waals surface area contributed by atoms with Gasteiger partial charge in [-0.15, -0.1) is 0 Å². The standard InChI is InChI=1S/C8H12BrN/c1-6-4-3-5-8(2,9)7(6)10/h3-5,7H,10H2,1-2H3. The lowest BCUT2D eigenvalue weighted by atomic mass is 9.91. The van der Waals surface area contributed by atoms with Crippen LogP contribution in [0.15, 0.2) is 23.8 Å². The molecule has 1 aliphatic carbocycles. The first-order valence-electron chi connectivity index (χ1n) is 3.34. The van der Waals surface area contributed by atoms with Crippen LogP contribution >= 0.6 is 15.9 Å². The second kappa shape index (κ2) is 2.51. The normalized spacial score (nSPS) is 39.6. The monoisotopic (exact) mass is 201 g/mol. The summed E-state index contributed by atoms with van der Waals surface area (Å²) in [4.78, 5) is 0. The Labute approximate surface area is 70.1 Å². The van der Waals surface area contributed by atoms with Crippen LogP contribution in [0.2, 0.25) is 0 Å². The Kier molecular flexibility index (Phi) is 2.02. The predicted molar refractivity (Wildman–Crippen MR) is 48.2 cm³/mol. The Morgan fingerprint density at radius 3 is 2.70 bits per heavy atom. The van der Waals surface area contributed by atoms with E-state index in [0.29, 0.717) is 0 Å². The van der Waals surface area contributed by atoms with Crippen LogP contribution in [0, 0.1) is 0 Å². The van der Waals surface area contributed by atoms with Crippen molar-refractivity contribution in [2.75, 3.05) is 0 Å². The molecule has 2 unspecified atom stereocenters. The summed E-state index contributed by atoms with van der Waals surface area (Å²) in [6, 6.07) is 0.109. The van der Waals surface area contributed by atoms with Crippen LogP contribution in [0.5, 0.6) is 0 Å². The molecule has 0 amide bonds. The topological polar surface area (TPSA) is 26.0 Å². The maximum atomic E-state index is 5.89. The van der Waals surface area contributed by atoms with Crippen molar-refractivity contribution in [2.24, 2.45) is 5.73 Å². The average Bonchev–Trinajstić information content (AvgIpc) is 1.83. The van der Waals surface area contributed by atoms with Crippen LogP contribution in [0.4, 0.5) is 0 Å². The highest BCUT2D eigenvalue weighted by atomic mass is 79.9. The van der Waals surface area contributed by atoms with Gasteiger partial charge in [0.25, 0.3) is 0 Å². The van der Waals surface area contributed by atoms with Gasteiger partial charge in [0.2, 0.25) is 0 Å². The van der Waals surface area contributed by atoms with E-state index in [1.807, 2.05) is 19.1 Å². The molecule has 56 valence electrons. The zero-order valence-electron chi connectivity index (χ0n) is 6.26. The summed E-state index contributed by atoms with van der Waals surface area (Å²) in [5, 5.41) is 0. The molecule has 0 aromatic rings. The molecule has 2 atom stereocenters. The molecular weight excluding hydrogens is 190 g/mol. The van der Waals surface area contributed by atoms with E-state index < -0.39 is 0 Å². The van der Waals surface area contributed by atoms with Crippen LogP contribution in [-0.2, 0) is 0 Å². The average molecular weight is 202 g/mol. The molecule has 0 saturated carbocycles. The molecule has 1 aliphatic rings. The highest BCUT2D eigenvalue weighted by Crippen LogP contribution is 2.29. The highest BCUT2D eigenvalue weighted by molar-refractivity contribution is 9.10. The second-order valence-electron chi connectivity index (χ2n) is 2.90. The smallest absolute Gasteiger partial charge is 0.0600 e. The summed E-state index contributed by atoms with van der Waals surface area (Å²) >= 11 is 3.55. The van der Waals surface area contributed by atoms with E-state index in [0.717, 1.165) is 0 Å². The van der Waals surface area contributed by atoms with Gasteiger partial charge in [-0.3, -0.25) is 0 Å². The van der Waals surface area contributed by atoms with Crippen LogP contribution in [-0.4, -0.2) is 10.4 Å². The molecule has 1 rings (SSSR count). The molecule has 0 saturated heterocycles. The van der Waals surface area contributed by atoms with Crippen LogP contribution < -0.4 is 5.73 Å². The van der Waals surface area contributed by atoms with Crippen molar-refractivity contribution >= 4 is 15.9 Å². The van der Waals surface area contributed by atoms with Gasteiger partial charge in [0.1, 0.15) is 0 Å². The van der Waals surface area contributed by atoms with Gasteiger partial charge in [0.15, 0.2) is 0 Å². The van der Waals surface area contributed by atoms with E-state index in [9.17, 15) is 0 Å². The lowest BCUT2D eigenvalue weighted by Gasteiger charge is -2.29. The summed E-state index contributed by atoms with van der Waals surface area (Å²) in [5.74, 6) is 0. The first-order valence-corrected chi connectivity index (χ1v) is 4.14. The van der Waals surface area contributed by atoms with E-state index >= 15 is 0 Å². The van der Waals surface area contributed by atoms with Gasteiger partial charge in [-0.2, -0.15) is 0 Å². The fraction of sp³-hybridized carbons (Fsp3) is 0.500. The third-order valence-corrected chi connectivity index (χ3v) is 2.64. The quantitative estimate of drug-likeness (QED) is 0.597. The molecular formula is C8H12BrN. The summed E-state index contributed by atoms with van der Waals surface area (Å²) in [6.07, 6.45) is 6.16. The minimum absolute atomic E-state index is 0.0498. The van der Waals surface area contributed by atoms with E-state index in [2.05, 4.69) is 28.9 Å². The Balaban J connectivity index is 2.89. The molecule has 2 N–H and O–H groups in total. The number of allylic oxidation sites excluding steroid dienone is 2. The third-order valence-electron chi connectivity index (χ3n) is 1.88. The summed E-state index contributed by atoms with van der Waals surface area (Å²) in [5.41, 5.74) is 7.11. The lowest BCUT2D eigenvalue weighted by molar-refractivity contribution is 0.654. The first-order chi connectivity index (χ1) is 4.54. The second-order valence-corrected chi connectivity index (χ2v) is 4.61. The van der Waals surface area contributed by atoms with Gasteiger partial charge in [-0.1, -0.05) is 39.7 Å². The number of alkyl halides is 1. The zero-order chi connectivity index (χ0) is 7.78. The van der Waals surface area contributed by atoms with E-state index in [4.69, 9.17) is 5.73 Å².